The van der Waals surface area contributed by atoms with Gasteiger partial charge >= 0.3 is 5.97 Å². The second kappa shape index (κ2) is 10.00. The number of rotatable bonds is 9. The fraction of sp³-hybridized carbons (Fsp3) is 0.550. The SMILES string of the molecule is COC(OC)C(CCCc1ccc(C(=O)OC(C)(C)C)s1)c1c(N)ncnc1N. The van der Waals surface area contributed by atoms with Gasteiger partial charge in [-0.25, -0.2) is 14.8 Å². The molecule has 1 atom stereocenters. The maximum atomic E-state index is 12.2. The summed E-state index contributed by atoms with van der Waals surface area (Å²) in [5.74, 6) is 0.138. The van der Waals surface area contributed by atoms with Gasteiger partial charge in [0.05, 0.1) is 0 Å². The van der Waals surface area contributed by atoms with E-state index in [1.807, 2.05) is 26.8 Å². The maximum Gasteiger partial charge on any atom is 0.348 e. The number of aromatic nitrogens is 2. The largest absolute Gasteiger partial charge is 0.456 e. The van der Waals surface area contributed by atoms with Crippen LogP contribution in [0.4, 0.5) is 11.6 Å². The molecule has 0 aromatic carbocycles. The van der Waals surface area contributed by atoms with E-state index in [1.54, 1.807) is 20.3 Å². The monoisotopic (exact) mass is 422 g/mol. The molecule has 0 aliphatic rings. The fourth-order valence-corrected chi connectivity index (χ4v) is 4.02. The standard InChI is InChI=1S/C20H30N4O4S/c1-20(2,3)28-18(25)14-10-9-12(29-14)7-6-8-13(19(26-4)27-5)15-16(21)23-11-24-17(15)22/h9-11,13,19H,6-8H2,1-5H3,(H4,21,22,23,24). The van der Waals surface area contributed by atoms with E-state index in [0.29, 0.717) is 28.5 Å². The quantitative estimate of drug-likeness (QED) is 0.466. The first-order valence-electron chi connectivity index (χ1n) is 9.39. The molecule has 1 unspecified atom stereocenters. The van der Waals surface area contributed by atoms with Crippen LogP contribution in [0.25, 0.3) is 0 Å². The summed E-state index contributed by atoms with van der Waals surface area (Å²) >= 11 is 1.44. The van der Waals surface area contributed by atoms with E-state index >= 15 is 0 Å². The molecule has 4 N–H and O–H groups in total. The first-order chi connectivity index (χ1) is 13.7. The van der Waals surface area contributed by atoms with Crippen LogP contribution in [0.1, 0.15) is 59.6 Å². The second-order valence-electron chi connectivity index (χ2n) is 7.66. The summed E-state index contributed by atoms with van der Waals surface area (Å²) in [6.07, 6.45) is 3.12. The van der Waals surface area contributed by atoms with Crippen LogP contribution >= 0.6 is 11.3 Å². The molecule has 2 aromatic rings. The van der Waals surface area contributed by atoms with Crippen LogP contribution in [0.3, 0.4) is 0 Å². The molecule has 0 saturated heterocycles. The Morgan fingerprint density at radius 1 is 1.14 bits per heavy atom. The topological polar surface area (TPSA) is 123 Å². The molecule has 2 aromatic heterocycles. The summed E-state index contributed by atoms with van der Waals surface area (Å²) in [6, 6.07) is 3.76. The van der Waals surface area contributed by atoms with E-state index in [9.17, 15) is 4.79 Å². The van der Waals surface area contributed by atoms with E-state index in [1.165, 1.54) is 17.7 Å². The Kier molecular flexibility index (Phi) is 7.95. The number of ether oxygens (including phenoxy) is 3. The van der Waals surface area contributed by atoms with Crippen molar-refractivity contribution in [1.29, 1.82) is 0 Å². The lowest BCUT2D eigenvalue weighted by Crippen LogP contribution is -2.25. The summed E-state index contributed by atoms with van der Waals surface area (Å²) in [5, 5.41) is 0. The van der Waals surface area contributed by atoms with E-state index in [2.05, 4.69) is 9.97 Å². The molecule has 0 spiro atoms. The fourth-order valence-electron chi connectivity index (χ4n) is 3.09. The van der Waals surface area contributed by atoms with Crippen LogP contribution in [-0.2, 0) is 20.6 Å². The van der Waals surface area contributed by atoms with Gasteiger partial charge < -0.3 is 25.7 Å². The smallest absolute Gasteiger partial charge is 0.348 e. The predicted octanol–water partition coefficient (Wildman–Crippen LogP) is 3.38. The molecule has 9 heteroatoms. The van der Waals surface area contributed by atoms with Crippen molar-refractivity contribution < 1.29 is 19.0 Å². The normalized spacial score (nSPS) is 12.9. The highest BCUT2D eigenvalue weighted by Gasteiger charge is 2.28. The lowest BCUT2D eigenvalue weighted by molar-refractivity contribution is -0.119. The second-order valence-corrected chi connectivity index (χ2v) is 8.83. The van der Waals surface area contributed by atoms with Crippen LogP contribution < -0.4 is 11.5 Å². The summed E-state index contributed by atoms with van der Waals surface area (Å²) < 4.78 is 16.3. The zero-order valence-corrected chi connectivity index (χ0v) is 18.4. The van der Waals surface area contributed by atoms with Gasteiger partial charge in [0.2, 0.25) is 0 Å². The summed E-state index contributed by atoms with van der Waals surface area (Å²) in [7, 11) is 3.15. The van der Waals surface area contributed by atoms with Crippen LogP contribution in [-0.4, -0.2) is 42.0 Å². The molecular formula is C20H30N4O4S. The van der Waals surface area contributed by atoms with Gasteiger partial charge in [-0.15, -0.1) is 11.3 Å². The van der Waals surface area contributed by atoms with Gasteiger partial charge in [-0.3, -0.25) is 0 Å². The third-order valence-electron chi connectivity index (χ3n) is 4.31. The molecule has 0 amide bonds. The number of anilines is 2. The van der Waals surface area contributed by atoms with E-state index in [4.69, 9.17) is 25.7 Å². The van der Waals surface area contributed by atoms with E-state index < -0.39 is 11.9 Å². The molecule has 0 fully saturated rings. The Bertz CT molecular complexity index is 795. The number of esters is 1. The lowest BCUT2D eigenvalue weighted by Gasteiger charge is -2.26. The van der Waals surface area contributed by atoms with Crippen LogP contribution in [0, 0.1) is 0 Å². The van der Waals surface area contributed by atoms with Crippen molar-refractivity contribution in [3.8, 4) is 0 Å². The minimum atomic E-state index is -0.522. The molecule has 0 aliphatic heterocycles. The van der Waals surface area contributed by atoms with Crippen LogP contribution in [0.2, 0.25) is 0 Å². The molecule has 2 rings (SSSR count). The number of carbonyl (C=O) groups is 1. The number of nitrogen functional groups attached to an aromatic ring is 2. The molecular weight excluding hydrogens is 392 g/mol. The average molecular weight is 423 g/mol. The zero-order chi connectivity index (χ0) is 21.6. The Morgan fingerprint density at radius 3 is 2.31 bits per heavy atom. The molecule has 0 bridgehead atoms. The highest BCUT2D eigenvalue weighted by Crippen LogP contribution is 2.34. The van der Waals surface area contributed by atoms with Crippen LogP contribution in [0.15, 0.2) is 18.5 Å². The van der Waals surface area contributed by atoms with Gasteiger partial charge in [-0.1, -0.05) is 0 Å². The molecule has 29 heavy (non-hydrogen) atoms. The summed E-state index contributed by atoms with van der Waals surface area (Å²) in [6.45, 7) is 5.56. The number of aryl methyl sites for hydroxylation is 1. The first kappa shape index (κ1) is 23.1. The van der Waals surface area contributed by atoms with Crippen molar-refractivity contribution in [3.05, 3.63) is 33.8 Å². The van der Waals surface area contributed by atoms with Gasteiger partial charge in [-0.05, 0) is 52.2 Å². The van der Waals surface area contributed by atoms with Gasteiger partial charge in [0, 0.05) is 30.6 Å². The van der Waals surface area contributed by atoms with Crippen LogP contribution in [0.5, 0.6) is 0 Å². The Hall–Kier alpha value is -2.23. The number of hydrogen-bond donors (Lipinski definition) is 2. The van der Waals surface area contributed by atoms with Crippen molar-refractivity contribution in [1.82, 2.24) is 9.97 Å². The molecule has 2 heterocycles. The maximum absolute atomic E-state index is 12.2. The van der Waals surface area contributed by atoms with Gasteiger partial charge in [0.25, 0.3) is 0 Å². The number of nitrogens with two attached hydrogens (primary N) is 2. The molecule has 0 saturated carbocycles. The summed E-state index contributed by atoms with van der Waals surface area (Å²) in [5.41, 5.74) is 12.2. The molecule has 160 valence electrons. The van der Waals surface area contributed by atoms with E-state index in [0.717, 1.165) is 17.7 Å². The number of methoxy groups -OCH3 is 2. The highest BCUT2D eigenvalue weighted by molar-refractivity contribution is 7.13. The number of hydrogen-bond acceptors (Lipinski definition) is 9. The number of carbonyl (C=O) groups excluding carboxylic acids is 1. The van der Waals surface area contributed by atoms with Crippen molar-refractivity contribution in [2.75, 3.05) is 25.7 Å². The number of thiophene rings is 1. The van der Waals surface area contributed by atoms with Crippen molar-refractivity contribution in [3.63, 3.8) is 0 Å². The lowest BCUT2D eigenvalue weighted by atomic mass is 9.93. The number of nitrogens with zero attached hydrogens (tertiary/aromatic N) is 2. The zero-order valence-electron chi connectivity index (χ0n) is 17.6. The highest BCUT2D eigenvalue weighted by atomic mass is 32.1. The van der Waals surface area contributed by atoms with Gasteiger partial charge in [0.15, 0.2) is 6.29 Å². The molecule has 0 aliphatic carbocycles. The third-order valence-corrected chi connectivity index (χ3v) is 5.43. The Morgan fingerprint density at radius 2 is 1.76 bits per heavy atom. The van der Waals surface area contributed by atoms with Gasteiger partial charge in [-0.2, -0.15) is 0 Å². The molecule has 8 nitrogen and oxygen atoms in total. The predicted molar refractivity (Wildman–Crippen MR) is 114 cm³/mol. The van der Waals surface area contributed by atoms with Crippen molar-refractivity contribution >= 4 is 28.9 Å². The van der Waals surface area contributed by atoms with E-state index in [-0.39, 0.29) is 11.9 Å². The van der Waals surface area contributed by atoms with Crippen molar-refractivity contribution in [2.24, 2.45) is 0 Å². The Labute approximate surface area is 175 Å². The Balaban J connectivity index is 2.06. The third kappa shape index (κ3) is 6.38. The molecule has 0 radical (unpaired) electrons. The van der Waals surface area contributed by atoms with Gasteiger partial charge in [0.1, 0.15) is 28.4 Å². The van der Waals surface area contributed by atoms with Crippen molar-refractivity contribution in [2.45, 2.75) is 57.8 Å². The average Bonchev–Trinajstić information content (AvgIpc) is 3.10. The minimum absolute atomic E-state index is 0.212. The first-order valence-corrected chi connectivity index (χ1v) is 10.2. The summed E-state index contributed by atoms with van der Waals surface area (Å²) in [4.78, 5) is 22.0. The minimum Gasteiger partial charge on any atom is -0.456 e.